The van der Waals surface area contributed by atoms with Gasteiger partial charge in [-0.1, -0.05) is 0 Å². The lowest BCUT2D eigenvalue weighted by atomic mass is 10.8. The molecule has 0 aliphatic carbocycles. The molecule has 0 unspecified atom stereocenters. The summed E-state index contributed by atoms with van der Waals surface area (Å²) in [6, 6.07) is 2.24. The zero-order valence-corrected chi connectivity index (χ0v) is 5.23. The Morgan fingerprint density at radius 2 is 1.45 bits per heavy atom. The maximum Gasteiger partial charge on any atom is 0.413 e. The van der Waals surface area contributed by atoms with Crippen molar-refractivity contribution < 1.29 is 19.1 Å². The molecule has 6 heteroatoms. The minimum absolute atomic E-state index is 0.710. The highest BCUT2D eigenvalue weighted by Gasteiger charge is 2.01. The highest BCUT2D eigenvalue weighted by Crippen LogP contribution is 1.79. The maximum absolute atomic E-state index is 10.0. The summed E-state index contributed by atoms with van der Waals surface area (Å²) in [5.74, 6) is -2.34. The van der Waals surface area contributed by atoms with Crippen LogP contribution in [0.3, 0.4) is 0 Å². The summed E-state index contributed by atoms with van der Waals surface area (Å²) < 4.78 is 7.94. The summed E-state index contributed by atoms with van der Waals surface area (Å²) >= 11 is 0. The standard InChI is InChI=1S/C5H2N2O4/c6-1-4(8)10-3-11-5(9)2-7/h3H2. The fourth-order valence-electron chi connectivity index (χ4n) is 0.201. The molecule has 0 spiro atoms. The van der Waals surface area contributed by atoms with Gasteiger partial charge < -0.3 is 9.47 Å². The Kier molecular flexibility index (Phi) is 3.87. The predicted octanol–water partition coefficient (Wildman–Crippen LogP) is -0.923. The van der Waals surface area contributed by atoms with E-state index in [1.54, 1.807) is 0 Å². The van der Waals surface area contributed by atoms with Gasteiger partial charge in [0.05, 0.1) is 0 Å². The molecule has 0 bridgehead atoms. The number of carbonyl (C=O) groups is 2. The third-order valence-corrected chi connectivity index (χ3v) is 0.563. The Bertz CT molecular complexity index is 220. The van der Waals surface area contributed by atoms with Gasteiger partial charge in [0.2, 0.25) is 6.79 Å². The molecule has 0 aromatic heterocycles. The van der Waals surface area contributed by atoms with Gasteiger partial charge in [-0.2, -0.15) is 10.5 Å². The van der Waals surface area contributed by atoms with Crippen molar-refractivity contribution >= 4 is 11.9 Å². The van der Waals surface area contributed by atoms with Gasteiger partial charge in [0.1, 0.15) is 0 Å². The van der Waals surface area contributed by atoms with E-state index in [0.29, 0.717) is 0 Å². The monoisotopic (exact) mass is 154 g/mol. The number of carbonyl (C=O) groups excluding carboxylic acids is 2. The summed E-state index contributed by atoms with van der Waals surface area (Å²) in [7, 11) is 0. The van der Waals surface area contributed by atoms with Crippen molar-refractivity contribution in [1.82, 2.24) is 0 Å². The summed E-state index contributed by atoms with van der Waals surface area (Å²) in [5.41, 5.74) is 0. The molecule has 0 saturated heterocycles. The quantitative estimate of drug-likeness (QED) is 0.289. The van der Waals surface area contributed by atoms with Crippen LogP contribution in [-0.2, 0) is 19.1 Å². The lowest BCUT2D eigenvalue weighted by Gasteiger charge is -1.96. The van der Waals surface area contributed by atoms with Crippen molar-refractivity contribution in [2.75, 3.05) is 6.79 Å². The number of hydrogen-bond acceptors (Lipinski definition) is 6. The van der Waals surface area contributed by atoms with Gasteiger partial charge in [0, 0.05) is 0 Å². The number of rotatable bonds is 2. The average molecular weight is 154 g/mol. The molecule has 0 amide bonds. The molecule has 0 saturated carbocycles. The van der Waals surface area contributed by atoms with Gasteiger partial charge in [0.15, 0.2) is 12.1 Å². The highest BCUT2D eigenvalue weighted by atomic mass is 16.7. The van der Waals surface area contributed by atoms with Gasteiger partial charge in [-0.15, -0.1) is 0 Å². The highest BCUT2D eigenvalue weighted by molar-refractivity contribution is 5.87. The van der Waals surface area contributed by atoms with E-state index in [1.807, 2.05) is 0 Å². The van der Waals surface area contributed by atoms with Crippen molar-refractivity contribution in [2.24, 2.45) is 0 Å². The smallest absolute Gasteiger partial charge is 0.413 e. The van der Waals surface area contributed by atoms with E-state index in [1.165, 1.54) is 0 Å². The Balaban J connectivity index is 3.46. The topological polar surface area (TPSA) is 100 Å². The van der Waals surface area contributed by atoms with Crippen LogP contribution in [-0.4, -0.2) is 18.7 Å². The number of hydrogen-bond donors (Lipinski definition) is 0. The van der Waals surface area contributed by atoms with Gasteiger partial charge >= 0.3 is 11.9 Å². The third kappa shape index (κ3) is 4.43. The molecule has 0 N–H and O–H groups in total. The van der Waals surface area contributed by atoms with E-state index in [2.05, 4.69) is 9.47 Å². The van der Waals surface area contributed by atoms with E-state index in [4.69, 9.17) is 10.5 Å². The molecule has 56 valence electrons. The normalized spacial score (nSPS) is 7.09. The summed E-state index contributed by atoms with van der Waals surface area (Å²) in [6.07, 6.45) is 0. The predicted molar refractivity (Wildman–Crippen MR) is 28.3 cm³/mol. The van der Waals surface area contributed by atoms with Crippen LogP contribution in [0.4, 0.5) is 0 Å². The van der Waals surface area contributed by atoms with Crippen LogP contribution >= 0.6 is 0 Å². The van der Waals surface area contributed by atoms with Crippen molar-refractivity contribution in [1.29, 1.82) is 10.5 Å². The Hall–Kier alpha value is -2.08. The molecule has 0 rings (SSSR count). The average Bonchev–Trinajstić information content (AvgIpc) is 2.04. The first-order chi connectivity index (χ1) is 5.20. The van der Waals surface area contributed by atoms with Crippen molar-refractivity contribution in [3.8, 4) is 12.1 Å². The maximum atomic E-state index is 10.0. The number of nitrogens with zero attached hydrogens (tertiary/aromatic N) is 2. The fraction of sp³-hybridized carbons (Fsp3) is 0.200. The van der Waals surface area contributed by atoms with Crippen LogP contribution < -0.4 is 0 Å². The lowest BCUT2D eigenvalue weighted by Crippen LogP contribution is -2.09. The summed E-state index contributed by atoms with van der Waals surface area (Å²) in [4.78, 5) is 20.0. The van der Waals surface area contributed by atoms with Crippen LogP contribution in [0.2, 0.25) is 0 Å². The molecule has 0 heterocycles. The van der Waals surface area contributed by atoms with Gasteiger partial charge in [-0.05, 0) is 0 Å². The van der Waals surface area contributed by atoms with E-state index < -0.39 is 18.7 Å². The molecule has 0 aromatic carbocycles. The Morgan fingerprint density at radius 3 is 1.73 bits per heavy atom. The fourth-order valence-corrected chi connectivity index (χ4v) is 0.201. The van der Waals surface area contributed by atoms with Gasteiger partial charge in [0.25, 0.3) is 0 Å². The molecule has 0 aromatic rings. The molecule has 0 fully saturated rings. The first-order valence-corrected chi connectivity index (χ1v) is 2.34. The van der Waals surface area contributed by atoms with E-state index in [-0.39, 0.29) is 0 Å². The van der Waals surface area contributed by atoms with Crippen LogP contribution in [0.25, 0.3) is 0 Å². The van der Waals surface area contributed by atoms with Crippen molar-refractivity contribution in [3.63, 3.8) is 0 Å². The van der Waals surface area contributed by atoms with Crippen molar-refractivity contribution in [2.45, 2.75) is 0 Å². The zero-order valence-electron chi connectivity index (χ0n) is 5.23. The summed E-state index contributed by atoms with van der Waals surface area (Å²) in [6.45, 7) is -0.710. The Labute approximate surface area is 61.5 Å². The minimum Gasteiger partial charge on any atom is -0.417 e. The van der Waals surface area contributed by atoms with Crippen LogP contribution in [0.15, 0.2) is 0 Å². The minimum atomic E-state index is -1.17. The number of ether oxygens (including phenoxy) is 2. The first-order valence-electron chi connectivity index (χ1n) is 2.34. The molecule has 6 nitrogen and oxygen atoms in total. The number of esters is 2. The second-order valence-corrected chi connectivity index (χ2v) is 1.21. The molecular weight excluding hydrogens is 152 g/mol. The zero-order chi connectivity index (χ0) is 8.69. The van der Waals surface area contributed by atoms with E-state index in [9.17, 15) is 9.59 Å². The van der Waals surface area contributed by atoms with E-state index >= 15 is 0 Å². The van der Waals surface area contributed by atoms with E-state index in [0.717, 1.165) is 12.1 Å². The van der Waals surface area contributed by atoms with Crippen LogP contribution in [0, 0.1) is 22.7 Å². The first kappa shape index (κ1) is 8.92. The van der Waals surface area contributed by atoms with Crippen LogP contribution in [0.5, 0.6) is 0 Å². The molecular formula is C5H2N2O4. The van der Waals surface area contributed by atoms with Gasteiger partial charge in [-0.25, -0.2) is 9.59 Å². The SMILES string of the molecule is N#CC(=O)OCOC(=O)C#N. The molecule has 0 aliphatic heterocycles. The molecule has 11 heavy (non-hydrogen) atoms. The third-order valence-electron chi connectivity index (χ3n) is 0.563. The molecule has 0 radical (unpaired) electrons. The second-order valence-electron chi connectivity index (χ2n) is 1.21. The summed E-state index contributed by atoms with van der Waals surface area (Å²) in [5, 5.41) is 15.7. The number of nitriles is 2. The second kappa shape index (κ2) is 4.77. The lowest BCUT2D eigenvalue weighted by molar-refractivity contribution is -0.159. The molecule has 0 aliphatic rings. The largest absolute Gasteiger partial charge is 0.417 e. The van der Waals surface area contributed by atoms with Gasteiger partial charge in [-0.3, -0.25) is 0 Å². The molecule has 0 atom stereocenters. The Morgan fingerprint density at radius 1 is 1.09 bits per heavy atom. The van der Waals surface area contributed by atoms with Crippen molar-refractivity contribution in [3.05, 3.63) is 0 Å². The van der Waals surface area contributed by atoms with Crippen LogP contribution in [0.1, 0.15) is 0 Å².